The Morgan fingerprint density at radius 1 is 1.50 bits per heavy atom. The van der Waals surface area contributed by atoms with Gasteiger partial charge in [0.25, 0.3) is 0 Å². The predicted octanol–water partition coefficient (Wildman–Crippen LogP) is -0.140. The molecule has 1 amide bonds. The Hall–Kier alpha value is -1.63. The van der Waals surface area contributed by atoms with Crippen LogP contribution in [0.4, 0.5) is 11.4 Å². The van der Waals surface area contributed by atoms with Crippen molar-refractivity contribution in [2.45, 2.75) is 12.1 Å². The molecular formula is C14H19N3O3. The van der Waals surface area contributed by atoms with Gasteiger partial charge in [0.1, 0.15) is 6.04 Å². The number of amides is 1. The lowest BCUT2D eigenvalue weighted by atomic mass is 10.1. The molecule has 2 atom stereocenters. The molecule has 0 aliphatic carbocycles. The molecule has 2 unspecified atom stereocenters. The van der Waals surface area contributed by atoms with Gasteiger partial charge in [-0.25, -0.2) is 0 Å². The number of nitrogens with two attached hydrogens (primary N) is 1. The Morgan fingerprint density at radius 3 is 3.05 bits per heavy atom. The number of aliphatic hydroxyl groups is 1. The number of morpholine rings is 1. The van der Waals surface area contributed by atoms with E-state index in [4.69, 9.17) is 10.5 Å². The summed E-state index contributed by atoms with van der Waals surface area (Å²) in [5.74, 6) is -0.0765. The van der Waals surface area contributed by atoms with Gasteiger partial charge >= 0.3 is 0 Å². The van der Waals surface area contributed by atoms with Crippen LogP contribution in [0.2, 0.25) is 0 Å². The molecule has 20 heavy (non-hydrogen) atoms. The Morgan fingerprint density at radius 2 is 2.30 bits per heavy atom. The summed E-state index contributed by atoms with van der Waals surface area (Å²) in [7, 11) is 1.74. The predicted molar refractivity (Wildman–Crippen MR) is 75.8 cm³/mol. The Bertz CT molecular complexity index is 534. The molecule has 2 aliphatic rings. The third-order valence-electron chi connectivity index (χ3n) is 4.01. The van der Waals surface area contributed by atoms with Crippen molar-refractivity contribution < 1.29 is 14.6 Å². The number of hydrogen-bond acceptors (Lipinski definition) is 5. The quantitative estimate of drug-likeness (QED) is 0.786. The Labute approximate surface area is 117 Å². The highest BCUT2D eigenvalue weighted by Gasteiger charge is 2.33. The second kappa shape index (κ2) is 5.05. The molecule has 1 fully saturated rings. The highest BCUT2D eigenvalue weighted by Crippen LogP contribution is 2.36. The van der Waals surface area contributed by atoms with E-state index in [2.05, 4.69) is 4.90 Å². The first-order valence-corrected chi connectivity index (χ1v) is 6.76. The summed E-state index contributed by atoms with van der Waals surface area (Å²) in [6, 6.07) is 5.32. The molecular weight excluding hydrogens is 258 g/mol. The number of fused-ring (bicyclic) bond motifs is 1. The number of aliphatic hydroxyl groups excluding tert-OH is 1. The van der Waals surface area contributed by atoms with E-state index < -0.39 is 6.04 Å². The zero-order valence-electron chi connectivity index (χ0n) is 11.5. The van der Waals surface area contributed by atoms with E-state index in [1.54, 1.807) is 11.9 Å². The average molecular weight is 277 g/mol. The van der Waals surface area contributed by atoms with Gasteiger partial charge in [-0.2, -0.15) is 0 Å². The van der Waals surface area contributed by atoms with Gasteiger partial charge in [0.15, 0.2) is 0 Å². The maximum atomic E-state index is 11.9. The highest BCUT2D eigenvalue weighted by molar-refractivity contribution is 6.04. The van der Waals surface area contributed by atoms with Crippen molar-refractivity contribution >= 4 is 17.3 Å². The average Bonchev–Trinajstić information content (AvgIpc) is 2.72. The largest absolute Gasteiger partial charge is 0.394 e. The summed E-state index contributed by atoms with van der Waals surface area (Å²) in [6.07, 6.45) is -0.154. The molecule has 108 valence electrons. The second-order valence-electron chi connectivity index (χ2n) is 5.24. The first-order valence-electron chi connectivity index (χ1n) is 6.76. The molecule has 0 bridgehead atoms. The Balaban J connectivity index is 1.88. The van der Waals surface area contributed by atoms with E-state index in [0.717, 1.165) is 23.5 Å². The van der Waals surface area contributed by atoms with Gasteiger partial charge < -0.3 is 25.4 Å². The van der Waals surface area contributed by atoms with Crippen LogP contribution in [0.25, 0.3) is 0 Å². The standard InChI is InChI=1S/C14H19N3O3/c1-16-12-6-9(2-3-11(12)13(15)14(16)19)17-4-5-20-10(7-17)8-18/h2-3,6,10,13,18H,4-5,7-8,15H2,1H3. The summed E-state index contributed by atoms with van der Waals surface area (Å²) < 4.78 is 5.45. The van der Waals surface area contributed by atoms with E-state index in [9.17, 15) is 9.90 Å². The van der Waals surface area contributed by atoms with Crippen LogP contribution < -0.4 is 15.5 Å². The SMILES string of the molecule is CN1C(=O)C(N)c2ccc(N3CCOC(CO)C3)cc21. The van der Waals surface area contributed by atoms with Crippen LogP contribution in [-0.4, -0.2) is 50.5 Å². The molecule has 1 aromatic rings. The third-order valence-corrected chi connectivity index (χ3v) is 4.01. The summed E-state index contributed by atoms with van der Waals surface area (Å²) >= 11 is 0. The number of ether oxygens (including phenoxy) is 1. The maximum absolute atomic E-state index is 11.9. The first-order chi connectivity index (χ1) is 9.61. The van der Waals surface area contributed by atoms with Gasteiger partial charge in [-0.3, -0.25) is 4.79 Å². The number of likely N-dealkylation sites (N-methyl/N-ethyl adjacent to an activating group) is 1. The molecule has 3 rings (SSSR count). The van der Waals surface area contributed by atoms with E-state index in [-0.39, 0.29) is 18.6 Å². The smallest absolute Gasteiger partial charge is 0.248 e. The van der Waals surface area contributed by atoms with Crippen LogP contribution >= 0.6 is 0 Å². The van der Waals surface area contributed by atoms with Crippen LogP contribution in [-0.2, 0) is 9.53 Å². The summed E-state index contributed by atoms with van der Waals surface area (Å²) in [5.41, 5.74) is 8.66. The van der Waals surface area contributed by atoms with Gasteiger partial charge in [0.05, 0.1) is 25.0 Å². The summed E-state index contributed by atoms with van der Waals surface area (Å²) in [4.78, 5) is 15.6. The molecule has 2 aliphatic heterocycles. The van der Waals surface area contributed by atoms with Crippen molar-refractivity contribution in [3.05, 3.63) is 23.8 Å². The monoisotopic (exact) mass is 277 g/mol. The lowest BCUT2D eigenvalue weighted by molar-refractivity contribution is -0.118. The van der Waals surface area contributed by atoms with Crippen LogP contribution in [0.3, 0.4) is 0 Å². The fraction of sp³-hybridized carbons (Fsp3) is 0.500. The van der Waals surface area contributed by atoms with E-state index in [0.29, 0.717) is 13.2 Å². The number of carbonyl (C=O) groups excluding carboxylic acids is 1. The topological polar surface area (TPSA) is 79.0 Å². The van der Waals surface area contributed by atoms with Crippen molar-refractivity contribution in [3.8, 4) is 0 Å². The lowest BCUT2D eigenvalue weighted by Gasteiger charge is -2.34. The zero-order chi connectivity index (χ0) is 14.3. The van der Waals surface area contributed by atoms with Crippen LogP contribution in [0.1, 0.15) is 11.6 Å². The first kappa shape index (κ1) is 13.4. The molecule has 1 saturated heterocycles. The summed E-state index contributed by atoms with van der Waals surface area (Å²) in [5, 5.41) is 9.20. The minimum atomic E-state index is -0.557. The molecule has 6 nitrogen and oxygen atoms in total. The molecule has 2 heterocycles. The number of anilines is 2. The van der Waals surface area contributed by atoms with Gasteiger partial charge in [0.2, 0.25) is 5.91 Å². The van der Waals surface area contributed by atoms with Crippen molar-refractivity contribution in [3.63, 3.8) is 0 Å². The van der Waals surface area contributed by atoms with E-state index in [1.165, 1.54) is 0 Å². The van der Waals surface area contributed by atoms with Crippen molar-refractivity contribution in [1.29, 1.82) is 0 Å². The normalized spacial score (nSPS) is 26.1. The molecule has 6 heteroatoms. The van der Waals surface area contributed by atoms with Gasteiger partial charge in [-0.15, -0.1) is 0 Å². The zero-order valence-corrected chi connectivity index (χ0v) is 11.5. The van der Waals surface area contributed by atoms with Crippen LogP contribution in [0.15, 0.2) is 18.2 Å². The number of benzene rings is 1. The number of nitrogens with zero attached hydrogens (tertiary/aromatic N) is 2. The molecule has 1 aromatic carbocycles. The van der Waals surface area contributed by atoms with Gasteiger partial charge in [-0.1, -0.05) is 6.07 Å². The summed E-state index contributed by atoms with van der Waals surface area (Å²) in [6.45, 7) is 2.04. The second-order valence-corrected chi connectivity index (χ2v) is 5.24. The Kier molecular flexibility index (Phi) is 3.37. The van der Waals surface area contributed by atoms with Crippen LogP contribution in [0, 0.1) is 0 Å². The number of carbonyl (C=O) groups is 1. The number of rotatable bonds is 2. The van der Waals surface area contributed by atoms with Crippen LogP contribution in [0.5, 0.6) is 0 Å². The molecule has 0 saturated carbocycles. The lowest BCUT2D eigenvalue weighted by Crippen LogP contribution is -2.44. The van der Waals surface area contributed by atoms with Gasteiger partial charge in [0, 0.05) is 31.4 Å². The maximum Gasteiger partial charge on any atom is 0.248 e. The highest BCUT2D eigenvalue weighted by atomic mass is 16.5. The fourth-order valence-corrected chi connectivity index (χ4v) is 2.81. The van der Waals surface area contributed by atoms with E-state index in [1.807, 2.05) is 18.2 Å². The number of hydrogen-bond donors (Lipinski definition) is 2. The molecule has 0 spiro atoms. The molecule has 3 N–H and O–H groups in total. The molecule has 0 aromatic heterocycles. The van der Waals surface area contributed by atoms with Gasteiger partial charge in [-0.05, 0) is 12.1 Å². The third kappa shape index (κ3) is 2.06. The molecule has 0 radical (unpaired) electrons. The van der Waals surface area contributed by atoms with Crippen molar-refractivity contribution in [1.82, 2.24) is 0 Å². The fourth-order valence-electron chi connectivity index (χ4n) is 2.81. The van der Waals surface area contributed by atoms with Crippen molar-refractivity contribution in [2.24, 2.45) is 5.73 Å². The minimum absolute atomic E-state index is 0.0186. The minimum Gasteiger partial charge on any atom is -0.394 e. The van der Waals surface area contributed by atoms with E-state index >= 15 is 0 Å². The van der Waals surface area contributed by atoms with Crippen molar-refractivity contribution in [2.75, 3.05) is 43.2 Å².